The molecule has 0 spiro atoms. The number of aryl methyl sites for hydroxylation is 1. The van der Waals surface area contributed by atoms with E-state index >= 15 is 0 Å². The van der Waals surface area contributed by atoms with E-state index < -0.39 is 0 Å². The molecule has 0 aliphatic rings. The van der Waals surface area contributed by atoms with Crippen molar-refractivity contribution in [1.29, 1.82) is 0 Å². The number of amides is 2. The maximum absolute atomic E-state index is 12.6. The molecule has 0 aromatic heterocycles. The summed E-state index contributed by atoms with van der Waals surface area (Å²) in [6.07, 6.45) is 1.77. The lowest BCUT2D eigenvalue weighted by atomic mass is 10.1. The van der Waals surface area contributed by atoms with Crippen LogP contribution in [-0.2, 0) is 6.42 Å². The second-order valence-electron chi connectivity index (χ2n) is 6.80. The first kappa shape index (κ1) is 19.4. The molecule has 2 amide bonds. The fourth-order valence-corrected chi connectivity index (χ4v) is 2.94. The highest BCUT2D eigenvalue weighted by Gasteiger charge is 2.12. The number of rotatable bonds is 7. The molecule has 0 aliphatic carbocycles. The zero-order valence-electron chi connectivity index (χ0n) is 15.9. The van der Waals surface area contributed by atoms with E-state index in [2.05, 4.69) is 22.8 Å². The van der Waals surface area contributed by atoms with Crippen LogP contribution in [0, 0.1) is 0 Å². The summed E-state index contributed by atoms with van der Waals surface area (Å²) in [5, 5.41) is 5.86. The van der Waals surface area contributed by atoms with Gasteiger partial charge in [0.25, 0.3) is 11.8 Å². The van der Waals surface area contributed by atoms with E-state index in [1.165, 1.54) is 5.56 Å². The number of nitrogens with one attached hydrogen (secondary N) is 2. The van der Waals surface area contributed by atoms with Crippen molar-refractivity contribution in [3.63, 3.8) is 0 Å². The van der Waals surface area contributed by atoms with Crippen molar-refractivity contribution in [2.75, 3.05) is 5.32 Å². The Bertz CT molecular complexity index is 924. The normalized spacial score (nSPS) is 11.5. The number of benzene rings is 3. The molecular weight excluding hydrogens is 348 g/mol. The Morgan fingerprint density at radius 2 is 1.43 bits per heavy atom. The summed E-state index contributed by atoms with van der Waals surface area (Å²) in [4.78, 5) is 24.8. The molecule has 0 bridgehead atoms. The second kappa shape index (κ2) is 9.51. The monoisotopic (exact) mass is 372 g/mol. The molecule has 4 heteroatoms. The van der Waals surface area contributed by atoms with Crippen LogP contribution in [0.5, 0.6) is 0 Å². The van der Waals surface area contributed by atoms with E-state index in [1.54, 1.807) is 36.4 Å². The first-order valence-electron chi connectivity index (χ1n) is 9.43. The van der Waals surface area contributed by atoms with Crippen LogP contribution in [0.15, 0.2) is 84.9 Å². The lowest BCUT2D eigenvalue weighted by Gasteiger charge is -2.14. The van der Waals surface area contributed by atoms with Crippen molar-refractivity contribution in [2.45, 2.75) is 25.8 Å². The zero-order valence-corrected chi connectivity index (χ0v) is 15.9. The molecule has 0 radical (unpaired) electrons. The fourth-order valence-electron chi connectivity index (χ4n) is 2.94. The van der Waals surface area contributed by atoms with Gasteiger partial charge in [-0.2, -0.15) is 0 Å². The predicted molar refractivity (Wildman–Crippen MR) is 113 cm³/mol. The van der Waals surface area contributed by atoms with E-state index in [-0.39, 0.29) is 17.9 Å². The smallest absolute Gasteiger partial charge is 0.255 e. The van der Waals surface area contributed by atoms with Crippen molar-refractivity contribution < 1.29 is 9.59 Å². The molecule has 0 saturated carbocycles. The minimum atomic E-state index is -0.200. The van der Waals surface area contributed by atoms with Crippen molar-refractivity contribution in [3.05, 3.63) is 102 Å². The Kier molecular flexibility index (Phi) is 6.58. The van der Waals surface area contributed by atoms with E-state index in [1.807, 2.05) is 43.3 Å². The molecule has 3 rings (SSSR count). The quantitative estimate of drug-likeness (QED) is 0.632. The molecule has 28 heavy (non-hydrogen) atoms. The van der Waals surface area contributed by atoms with Gasteiger partial charge in [-0.05, 0) is 55.7 Å². The van der Waals surface area contributed by atoms with Crippen molar-refractivity contribution in [3.8, 4) is 0 Å². The summed E-state index contributed by atoms with van der Waals surface area (Å²) in [5.74, 6) is -0.342. The Morgan fingerprint density at radius 3 is 2.14 bits per heavy atom. The number of hydrogen-bond donors (Lipinski definition) is 2. The summed E-state index contributed by atoms with van der Waals surface area (Å²) in [7, 11) is 0. The van der Waals surface area contributed by atoms with Crippen molar-refractivity contribution in [2.24, 2.45) is 0 Å². The van der Waals surface area contributed by atoms with Crippen LogP contribution in [0.4, 0.5) is 5.69 Å². The van der Waals surface area contributed by atoms with Crippen molar-refractivity contribution in [1.82, 2.24) is 5.32 Å². The molecule has 0 aliphatic heterocycles. The average Bonchev–Trinajstić information content (AvgIpc) is 2.74. The fraction of sp³-hybridized carbons (Fsp3) is 0.167. The Hall–Kier alpha value is -3.40. The first-order chi connectivity index (χ1) is 13.6. The van der Waals surface area contributed by atoms with Gasteiger partial charge in [0, 0.05) is 22.9 Å². The number of carbonyl (C=O) groups excluding carboxylic acids is 2. The van der Waals surface area contributed by atoms with Gasteiger partial charge in [-0.15, -0.1) is 0 Å². The number of anilines is 1. The molecule has 1 atom stereocenters. The zero-order chi connectivity index (χ0) is 19.8. The second-order valence-corrected chi connectivity index (χ2v) is 6.80. The third-order valence-electron chi connectivity index (χ3n) is 4.50. The van der Waals surface area contributed by atoms with Crippen LogP contribution in [-0.4, -0.2) is 17.9 Å². The van der Waals surface area contributed by atoms with Crippen LogP contribution in [0.1, 0.15) is 39.6 Å². The molecule has 4 nitrogen and oxygen atoms in total. The lowest BCUT2D eigenvalue weighted by molar-refractivity contribution is 0.0937. The van der Waals surface area contributed by atoms with Gasteiger partial charge in [0.1, 0.15) is 0 Å². The maximum Gasteiger partial charge on any atom is 0.255 e. The Labute approximate surface area is 165 Å². The van der Waals surface area contributed by atoms with Gasteiger partial charge in [-0.25, -0.2) is 0 Å². The van der Waals surface area contributed by atoms with E-state index in [0.29, 0.717) is 16.8 Å². The Morgan fingerprint density at radius 1 is 0.786 bits per heavy atom. The maximum atomic E-state index is 12.6. The van der Waals surface area contributed by atoms with Crippen LogP contribution >= 0.6 is 0 Å². The van der Waals surface area contributed by atoms with Gasteiger partial charge < -0.3 is 10.6 Å². The molecule has 0 heterocycles. The highest BCUT2D eigenvalue weighted by molar-refractivity contribution is 6.05. The van der Waals surface area contributed by atoms with E-state index in [4.69, 9.17) is 0 Å². The molecule has 142 valence electrons. The third kappa shape index (κ3) is 5.55. The molecule has 3 aromatic rings. The van der Waals surface area contributed by atoms with Gasteiger partial charge in [-0.1, -0.05) is 54.6 Å². The average molecular weight is 372 g/mol. The first-order valence-corrected chi connectivity index (χ1v) is 9.43. The summed E-state index contributed by atoms with van der Waals surface area (Å²) < 4.78 is 0. The standard InChI is InChI=1S/C24H24N2O2/c1-18(15-16-19-9-4-2-5-10-19)25-24(28)21-13-8-14-22(17-21)26-23(27)20-11-6-3-7-12-20/h2-14,17-18H,15-16H2,1H3,(H,25,28)(H,26,27). The molecule has 2 N–H and O–H groups in total. The van der Waals surface area contributed by atoms with E-state index in [0.717, 1.165) is 12.8 Å². The van der Waals surface area contributed by atoms with Crippen molar-refractivity contribution >= 4 is 17.5 Å². The van der Waals surface area contributed by atoms with Gasteiger partial charge >= 0.3 is 0 Å². The Balaban J connectivity index is 1.56. The molecular formula is C24H24N2O2. The third-order valence-corrected chi connectivity index (χ3v) is 4.50. The predicted octanol–water partition coefficient (Wildman–Crippen LogP) is 4.69. The molecule has 3 aromatic carbocycles. The lowest BCUT2D eigenvalue weighted by Crippen LogP contribution is -2.32. The minimum absolute atomic E-state index is 0.0512. The van der Waals surface area contributed by atoms with E-state index in [9.17, 15) is 9.59 Å². The highest BCUT2D eigenvalue weighted by Crippen LogP contribution is 2.13. The van der Waals surface area contributed by atoms with Crippen LogP contribution < -0.4 is 10.6 Å². The van der Waals surface area contributed by atoms with Gasteiger partial charge in [0.15, 0.2) is 0 Å². The van der Waals surface area contributed by atoms with Crippen LogP contribution in [0.2, 0.25) is 0 Å². The molecule has 1 unspecified atom stereocenters. The van der Waals surface area contributed by atoms with Crippen LogP contribution in [0.25, 0.3) is 0 Å². The van der Waals surface area contributed by atoms with Gasteiger partial charge in [0.2, 0.25) is 0 Å². The summed E-state index contributed by atoms with van der Waals surface area (Å²) in [5.41, 5.74) is 2.96. The summed E-state index contributed by atoms with van der Waals surface area (Å²) in [6.45, 7) is 2.00. The van der Waals surface area contributed by atoms with Gasteiger partial charge in [0.05, 0.1) is 0 Å². The summed E-state index contributed by atoms with van der Waals surface area (Å²) in [6, 6.07) is 26.3. The largest absolute Gasteiger partial charge is 0.350 e. The topological polar surface area (TPSA) is 58.2 Å². The minimum Gasteiger partial charge on any atom is -0.350 e. The SMILES string of the molecule is CC(CCc1ccccc1)NC(=O)c1cccc(NC(=O)c2ccccc2)c1. The van der Waals surface area contributed by atoms with Crippen LogP contribution in [0.3, 0.4) is 0 Å². The molecule has 0 fully saturated rings. The summed E-state index contributed by atoms with van der Waals surface area (Å²) >= 11 is 0. The highest BCUT2D eigenvalue weighted by atomic mass is 16.2. The van der Waals surface area contributed by atoms with Gasteiger partial charge in [-0.3, -0.25) is 9.59 Å². The number of carbonyl (C=O) groups is 2. The number of hydrogen-bond acceptors (Lipinski definition) is 2. The molecule has 0 saturated heterocycles.